The maximum absolute atomic E-state index is 4.35. The maximum Gasteiger partial charge on any atom is 0.144 e. The molecule has 0 radical (unpaired) electrons. The molecule has 0 saturated heterocycles. The van der Waals surface area contributed by atoms with E-state index in [1.54, 1.807) is 12.4 Å². The number of aromatic nitrogens is 4. The van der Waals surface area contributed by atoms with Crippen molar-refractivity contribution in [2.75, 3.05) is 19.4 Å². The summed E-state index contributed by atoms with van der Waals surface area (Å²) in [5, 5.41) is 7.11. The van der Waals surface area contributed by atoms with Crippen molar-refractivity contribution < 1.29 is 0 Å². The van der Waals surface area contributed by atoms with Crippen LogP contribution in [0.3, 0.4) is 0 Å². The lowest BCUT2D eigenvalue weighted by Crippen LogP contribution is -2.18. The summed E-state index contributed by atoms with van der Waals surface area (Å²) < 4.78 is 1.81. The molecule has 2 heterocycles. The lowest BCUT2D eigenvalue weighted by atomic mass is 10.3. The van der Waals surface area contributed by atoms with Crippen molar-refractivity contribution in [3.8, 4) is 0 Å². The van der Waals surface area contributed by atoms with Crippen LogP contribution in [0.5, 0.6) is 0 Å². The third-order valence-corrected chi connectivity index (χ3v) is 2.60. The molecule has 18 heavy (non-hydrogen) atoms. The van der Waals surface area contributed by atoms with Gasteiger partial charge in [0.25, 0.3) is 0 Å². The van der Waals surface area contributed by atoms with Gasteiger partial charge in [-0.25, -0.2) is 4.98 Å². The van der Waals surface area contributed by atoms with Gasteiger partial charge in [-0.05, 0) is 7.05 Å². The lowest BCUT2D eigenvalue weighted by Gasteiger charge is -2.14. The smallest absolute Gasteiger partial charge is 0.144 e. The fourth-order valence-electron chi connectivity index (χ4n) is 1.76. The van der Waals surface area contributed by atoms with Crippen LogP contribution in [0.2, 0.25) is 0 Å². The van der Waals surface area contributed by atoms with Crippen molar-refractivity contribution in [3.05, 3.63) is 36.0 Å². The quantitative estimate of drug-likeness (QED) is 0.849. The summed E-state index contributed by atoms with van der Waals surface area (Å²) in [5.74, 6) is 0.786. The van der Waals surface area contributed by atoms with E-state index in [1.165, 1.54) is 5.56 Å². The molecule has 0 aromatic carbocycles. The first kappa shape index (κ1) is 12.5. The summed E-state index contributed by atoms with van der Waals surface area (Å²) in [7, 11) is 5.81. The fourth-order valence-corrected chi connectivity index (χ4v) is 1.76. The Morgan fingerprint density at radius 2 is 2.06 bits per heavy atom. The van der Waals surface area contributed by atoms with E-state index >= 15 is 0 Å². The van der Waals surface area contributed by atoms with Gasteiger partial charge in [-0.2, -0.15) is 5.10 Å². The molecule has 0 saturated carbocycles. The summed E-state index contributed by atoms with van der Waals surface area (Å²) in [5.41, 5.74) is 2.15. The Kier molecular flexibility index (Phi) is 3.88. The minimum Gasteiger partial charge on any atom is -0.372 e. The zero-order chi connectivity index (χ0) is 13.0. The first-order valence-electron chi connectivity index (χ1n) is 5.82. The Hall–Kier alpha value is -1.95. The van der Waals surface area contributed by atoms with Crippen LogP contribution in [-0.4, -0.2) is 38.7 Å². The first-order valence-corrected chi connectivity index (χ1v) is 5.82. The van der Waals surface area contributed by atoms with Crippen molar-refractivity contribution in [1.82, 2.24) is 24.6 Å². The summed E-state index contributed by atoms with van der Waals surface area (Å²) in [6, 6.07) is 0. The van der Waals surface area contributed by atoms with Crippen LogP contribution in [0.4, 0.5) is 5.82 Å². The van der Waals surface area contributed by atoms with Crippen LogP contribution in [0, 0.1) is 0 Å². The molecule has 0 aliphatic rings. The van der Waals surface area contributed by atoms with Crippen LogP contribution in [0.15, 0.2) is 24.8 Å². The summed E-state index contributed by atoms with van der Waals surface area (Å²) in [6.07, 6.45) is 7.44. The normalized spacial score (nSPS) is 10.9. The summed E-state index contributed by atoms with van der Waals surface area (Å²) >= 11 is 0. The molecule has 0 aliphatic carbocycles. The molecule has 2 aromatic rings. The fraction of sp³-hybridized carbons (Fsp3) is 0.417. The molecule has 0 atom stereocenters. The van der Waals surface area contributed by atoms with Crippen LogP contribution in [-0.2, 0) is 20.1 Å². The van der Waals surface area contributed by atoms with Crippen molar-refractivity contribution in [2.24, 2.45) is 7.05 Å². The number of nitrogens with one attached hydrogen (secondary N) is 1. The Bertz CT molecular complexity index is 490. The predicted molar refractivity (Wildman–Crippen MR) is 70.0 cm³/mol. The number of nitrogens with zero attached hydrogens (tertiary/aromatic N) is 5. The standard InChI is InChI=1S/C12H18N6/c1-13-12-6-14-11(5-15-12)9-17(2)7-10-4-16-18(3)8-10/h4-6,8H,7,9H2,1-3H3,(H,13,15). The molecular weight excluding hydrogens is 228 g/mol. The van der Waals surface area contributed by atoms with Crippen molar-refractivity contribution in [3.63, 3.8) is 0 Å². The molecular formula is C12H18N6. The van der Waals surface area contributed by atoms with Gasteiger partial charge in [0, 0.05) is 38.9 Å². The van der Waals surface area contributed by atoms with Crippen molar-refractivity contribution in [1.29, 1.82) is 0 Å². The van der Waals surface area contributed by atoms with Gasteiger partial charge in [0.05, 0.1) is 24.3 Å². The molecule has 0 bridgehead atoms. The average Bonchev–Trinajstić information content (AvgIpc) is 2.75. The maximum atomic E-state index is 4.35. The molecule has 2 rings (SSSR count). The van der Waals surface area contributed by atoms with E-state index in [1.807, 2.05) is 31.2 Å². The molecule has 96 valence electrons. The Labute approximate surface area is 107 Å². The highest BCUT2D eigenvalue weighted by molar-refractivity contribution is 5.29. The van der Waals surface area contributed by atoms with Crippen LogP contribution < -0.4 is 5.32 Å². The van der Waals surface area contributed by atoms with Gasteiger partial charge in [0.1, 0.15) is 5.82 Å². The Balaban J connectivity index is 1.91. The highest BCUT2D eigenvalue weighted by atomic mass is 15.2. The largest absolute Gasteiger partial charge is 0.372 e. The lowest BCUT2D eigenvalue weighted by molar-refractivity contribution is 0.314. The Morgan fingerprint density at radius 3 is 2.61 bits per heavy atom. The summed E-state index contributed by atoms with van der Waals surface area (Å²) in [6.45, 7) is 1.62. The van der Waals surface area contributed by atoms with E-state index in [0.717, 1.165) is 24.6 Å². The van der Waals surface area contributed by atoms with Crippen LogP contribution in [0.25, 0.3) is 0 Å². The first-order chi connectivity index (χ1) is 8.67. The van der Waals surface area contributed by atoms with Gasteiger partial charge < -0.3 is 5.32 Å². The number of aryl methyl sites for hydroxylation is 1. The molecule has 0 unspecified atom stereocenters. The highest BCUT2D eigenvalue weighted by Crippen LogP contribution is 2.06. The van der Waals surface area contributed by atoms with Gasteiger partial charge >= 0.3 is 0 Å². The van der Waals surface area contributed by atoms with Gasteiger partial charge in [0.2, 0.25) is 0 Å². The van der Waals surface area contributed by atoms with E-state index in [9.17, 15) is 0 Å². The zero-order valence-corrected chi connectivity index (χ0v) is 11.0. The minimum atomic E-state index is 0.770. The summed E-state index contributed by atoms with van der Waals surface area (Å²) in [4.78, 5) is 10.8. The van der Waals surface area contributed by atoms with Crippen LogP contribution in [0.1, 0.15) is 11.3 Å². The number of rotatable bonds is 5. The van der Waals surface area contributed by atoms with E-state index in [-0.39, 0.29) is 0 Å². The molecule has 0 aliphatic heterocycles. The molecule has 0 spiro atoms. The third-order valence-electron chi connectivity index (χ3n) is 2.60. The molecule has 6 nitrogen and oxygen atoms in total. The number of anilines is 1. The van der Waals surface area contributed by atoms with Gasteiger partial charge in [-0.3, -0.25) is 14.6 Å². The minimum absolute atomic E-state index is 0.770. The van der Waals surface area contributed by atoms with Crippen LogP contribution >= 0.6 is 0 Å². The molecule has 2 aromatic heterocycles. The zero-order valence-electron chi connectivity index (χ0n) is 11.0. The Morgan fingerprint density at radius 1 is 1.22 bits per heavy atom. The van der Waals surface area contributed by atoms with E-state index < -0.39 is 0 Å². The van der Waals surface area contributed by atoms with Crippen molar-refractivity contribution >= 4 is 5.82 Å². The molecule has 0 amide bonds. The topological polar surface area (TPSA) is 58.9 Å². The monoisotopic (exact) mass is 246 g/mol. The van der Waals surface area contributed by atoms with E-state index in [2.05, 4.69) is 32.3 Å². The van der Waals surface area contributed by atoms with Gasteiger partial charge in [-0.1, -0.05) is 0 Å². The van der Waals surface area contributed by atoms with E-state index in [0.29, 0.717) is 0 Å². The second kappa shape index (κ2) is 5.59. The molecule has 0 fully saturated rings. The van der Waals surface area contributed by atoms with Gasteiger partial charge in [0.15, 0.2) is 0 Å². The average molecular weight is 246 g/mol. The van der Waals surface area contributed by atoms with Gasteiger partial charge in [-0.15, -0.1) is 0 Å². The SMILES string of the molecule is CNc1cnc(CN(C)Cc2cnn(C)c2)cn1. The number of hydrogen-bond acceptors (Lipinski definition) is 5. The predicted octanol–water partition coefficient (Wildman–Crippen LogP) is 0.884. The molecule has 1 N–H and O–H groups in total. The second-order valence-corrected chi connectivity index (χ2v) is 4.34. The van der Waals surface area contributed by atoms with Crippen molar-refractivity contribution in [2.45, 2.75) is 13.1 Å². The third kappa shape index (κ3) is 3.27. The molecule has 6 heteroatoms. The second-order valence-electron chi connectivity index (χ2n) is 4.34. The highest BCUT2D eigenvalue weighted by Gasteiger charge is 2.04. The number of hydrogen-bond donors (Lipinski definition) is 1. The van der Waals surface area contributed by atoms with E-state index in [4.69, 9.17) is 0 Å².